The minimum atomic E-state index is -0.465. The van der Waals surface area contributed by atoms with Gasteiger partial charge in [-0.2, -0.15) is 0 Å². The summed E-state index contributed by atoms with van der Waals surface area (Å²) in [5, 5.41) is -0.465. The standard InChI is InChI=1S/C10H10BrClO/c1-6-8(10(13)7(2)12)4-3-5-9(6)11/h3-5,7H,1-2H3. The Balaban J connectivity index is 3.15. The first kappa shape index (κ1) is 10.7. The maximum Gasteiger partial charge on any atom is 0.180 e. The molecule has 1 atom stereocenters. The average molecular weight is 262 g/mol. The Morgan fingerprint density at radius 3 is 2.69 bits per heavy atom. The molecule has 0 heterocycles. The third kappa shape index (κ3) is 2.32. The molecule has 0 bridgehead atoms. The zero-order valence-corrected chi connectivity index (χ0v) is 9.82. The Hall–Kier alpha value is -0.340. The largest absolute Gasteiger partial charge is 0.293 e. The first-order valence-electron chi connectivity index (χ1n) is 3.97. The van der Waals surface area contributed by atoms with Crippen molar-refractivity contribution in [1.82, 2.24) is 0 Å². The van der Waals surface area contributed by atoms with E-state index >= 15 is 0 Å². The van der Waals surface area contributed by atoms with E-state index in [1.807, 2.05) is 19.1 Å². The van der Waals surface area contributed by atoms with E-state index in [4.69, 9.17) is 11.6 Å². The van der Waals surface area contributed by atoms with Gasteiger partial charge in [-0.15, -0.1) is 11.6 Å². The molecule has 13 heavy (non-hydrogen) atoms. The Bertz CT molecular complexity index is 334. The van der Waals surface area contributed by atoms with Crippen molar-refractivity contribution in [3.8, 4) is 0 Å². The van der Waals surface area contributed by atoms with Crippen molar-refractivity contribution < 1.29 is 4.79 Å². The molecule has 0 aromatic heterocycles. The summed E-state index contributed by atoms with van der Waals surface area (Å²) in [7, 11) is 0. The van der Waals surface area contributed by atoms with Crippen LogP contribution in [0.25, 0.3) is 0 Å². The molecule has 1 unspecified atom stereocenters. The van der Waals surface area contributed by atoms with E-state index in [1.54, 1.807) is 13.0 Å². The lowest BCUT2D eigenvalue weighted by atomic mass is 10.0. The van der Waals surface area contributed by atoms with E-state index in [0.29, 0.717) is 5.56 Å². The fourth-order valence-corrected chi connectivity index (χ4v) is 1.57. The highest BCUT2D eigenvalue weighted by Crippen LogP contribution is 2.21. The summed E-state index contributed by atoms with van der Waals surface area (Å²) >= 11 is 9.09. The molecular weight excluding hydrogens is 251 g/mol. The number of ketones is 1. The number of carbonyl (C=O) groups excluding carboxylic acids is 1. The maximum absolute atomic E-state index is 11.6. The van der Waals surface area contributed by atoms with Gasteiger partial charge in [0.25, 0.3) is 0 Å². The lowest BCUT2D eigenvalue weighted by Crippen LogP contribution is -2.12. The summed E-state index contributed by atoms with van der Waals surface area (Å²) in [6, 6.07) is 5.54. The highest BCUT2D eigenvalue weighted by Gasteiger charge is 2.15. The number of hydrogen-bond donors (Lipinski definition) is 0. The molecular formula is C10H10BrClO. The van der Waals surface area contributed by atoms with E-state index in [2.05, 4.69) is 15.9 Å². The molecule has 0 saturated carbocycles. The van der Waals surface area contributed by atoms with Crippen LogP contribution in [0.5, 0.6) is 0 Å². The van der Waals surface area contributed by atoms with Crippen molar-refractivity contribution in [3.63, 3.8) is 0 Å². The minimum absolute atomic E-state index is 0.0273. The first-order valence-corrected chi connectivity index (χ1v) is 5.20. The molecule has 1 nitrogen and oxygen atoms in total. The first-order chi connectivity index (χ1) is 6.04. The summed E-state index contributed by atoms with van der Waals surface area (Å²) in [6.07, 6.45) is 0. The van der Waals surface area contributed by atoms with Crippen molar-refractivity contribution in [2.45, 2.75) is 19.2 Å². The summed E-state index contributed by atoms with van der Waals surface area (Å²) in [5.41, 5.74) is 1.64. The molecule has 0 N–H and O–H groups in total. The number of carbonyl (C=O) groups is 1. The van der Waals surface area contributed by atoms with E-state index in [9.17, 15) is 4.79 Å². The van der Waals surface area contributed by atoms with Gasteiger partial charge in [0.1, 0.15) is 0 Å². The van der Waals surface area contributed by atoms with Crippen LogP contribution in [0.15, 0.2) is 22.7 Å². The van der Waals surface area contributed by atoms with Gasteiger partial charge in [-0.05, 0) is 25.5 Å². The van der Waals surface area contributed by atoms with E-state index in [1.165, 1.54) is 0 Å². The molecule has 70 valence electrons. The number of benzene rings is 1. The second-order valence-corrected chi connectivity index (χ2v) is 4.40. The summed E-state index contributed by atoms with van der Waals surface area (Å²) in [5.74, 6) is -0.0273. The van der Waals surface area contributed by atoms with Crippen molar-refractivity contribution in [2.75, 3.05) is 0 Å². The van der Waals surface area contributed by atoms with Gasteiger partial charge in [-0.25, -0.2) is 0 Å². The monoisotopic (exact) mass is 260 g/mol. The fraction of sp³-hybridized carbons (Fsp3) is 0.300. The van der Waals surface area contributed by atoms with Gasteiger partial charge in [0.2, 0.25) is 0 Å². The van der Waals surface area contributed by atoms with Crippen molar-refractivity contribution in [1.29, 1.82) is 0 Å². The van der Waals surface area contributed by atoms with E-state index in [-0.39, 0.29) is 5.78 Å². The number of hydrogen-bond acceptors (Lipinski definition) is 1. The molecule has 0 saturated heterocycles. The Morgan fingerprint density at radius 1 is 1.54 bits per heavy atom. The molecule has 0 aliphatic rings. The quantitative estimate of drug-likeness (QED) is 0.587. The van der Waals surface area contributed by atoms with Crippen LogP contribution >= 0.6 is 27.5 Å². The molecule has 0 radical (unpaired) electrons. The predicted molar refractivity (Wildman–Crippen MR) is 58.5 cm³/mol. The highest BCUT2D eigenvalue weighted by molar-refractivity contribution is 9.10. The van der Waals surface area contributed by atoms with Crippen LogP contribution in [-0.2, 0) is 0 Å². The van der Waals surface area contributed by atoms with Crippen molar-refractivity contribution in [3.05, 3.63) is 33.8 Å². The fourth-order valence-electron chi connectivity index (χ4n) is 1.09. The number of rotatable bonds is 2. The third-order valence-corrected chi connectivity index (χ3v) is 2.95. The SMILES string of the molecule is Cc1c(Br)cccc1C(=O)C(C)Cl. The second-order valence-electron chi connectivity index (χ2n) is 2.89. The van der Waals surface area contributed by atoms with Crippen LogP contribution in [0.3, 0.4) is 0 Å². The van der Waals surface area contributed by atoms with Gasteiger partial charge < -0.3 is 0 Å². The average Bonchev–Trinajstić information content (AvgIpc) is 2.08. The van der Waals surface area contributed by atoms with Crippen LogP contribution in [0, 0.1) is 6.92 Å². The highest BCUT2D eigenvalue weighted by atomic mass is 79.9. The lowest BCUT2D eigenvalue weighted by Gasteiger charge is -2.07. The number of Topliss-reactive ketones (excluding diaryl/α,β-unsaturated/α-hetero) is 1. The molecule has 0 aliphatic heterocycles. The summed E-state index contributed by atoms with van der Waals surface area (Å²) < 4.78 is 0.940. The topological polar surface area (TPSA) is 17.1 Å². The van der Waals surface area contributed by atoms with E-state index < -0.39 is 5.38 Å². The number of halogens is 2. The molecule has 0 fully saturated rings. The minimum Gasteiger partial charge on any atom is -0.293 e. The zero-order chi connectivity index (χ0) is 10.0. The van der Waals surface area contributed by atoms with Crippen LogP contribution in [0.4, 0.5) is 0 Å². The van der Waals surface area contributed by atoms with Crippen LogP contribution < -0.4 is 0 Å². The molecule has 0 amide bonds. The van der Waals surface area contributed by atoms with Crippen LogP contribution in [0.2, 0.25) is 0 Å². The second kappa shape index (κ2) is 4.25. The van der Waals surface area contributed by atoms with Gasteiger partial charge in [0.15, 0.2) is 5.78 Å². The zero-order valence-electron chi connectivity index (χ0n) is 7.47. The number of alkyl halides is 1. The van der Waals surface area contributed by atoms with E-state index in [0.717, 1.165) is 10.0 Å². The van der Waals surface area contributed by atoms with Crippen molar-refractivity contribution in [2.24, 2.45) is 0 Å². The smallest absolute Gasteiger partial charge is 0.180 e. The molecule has 1 rings (SSSR count). The molecule has 3 heteroatoms. The Kier molecular flexibility index (Phi) is 3.51. The summed E-state index contributed by atoms with van der Waals surface area (Å²) in [6.45, 7) is 3.58. The van der Waals surface area contributed by atoms with Gasteiger partial charge in [-0.3, -0.25) is 4.79 Å². The van der Waals surface area contributed by atoms with Gasteiger partial charge >= 0.3 is 0 Å². The lowest BCUT2D eigenvalue weighted by molar-refractivity contribution is 0.0991. The maximum atomic E-state index is 11.6. The third-order valence-electron chi connectivity index (χ3n) is 1.89. The van der Waals surface area contributed by atoms with Crippen LogP contribution in [0.1, 0.15) is 22.8 Å². The molecule has 0 spiro atoms. The van der Waals surface area contributed by atoms with Gasteiger partial charge in [0, 0.05) is 10.0 Å². The Morgan fingerprint density at radius 2 is 2.15 bits per heavy atom. The van der Waals surface area contributed by atoms with Gasteiger partial charge in [0.05, 0.1) is 5.38 Å². The predicted octanol–water partition coefficient (Wildman–Crippen LogP) is 3.57. The summed E-state index contributed by atoms with van der Waals surface area (Å²) in [4.78, 5) is 11.6. The van der Waals surface area contributed by atoms with Crippen molar-refractivity contribution >= 4 is 33.3 Å². The normalized spacial score (nSPS) is 12.6. The van der Waals surface area contributed by atoms with Crippen LogP contribution in [-0.4, -0.2) is 11.2 Å². The molecule has 0 aliphatic carbocycles. The molecule has 1 aromatic carbocycles. The van der Waals surface area contributed by atoms with Gasteiger partial charge in [-0.1, -0.05) is 28.1 Å². The molecule has 1 aromatic rings. The Labute approximate surface area is 91.2 Å².